The SMILES string of the molecule is COCOc1ccc(CCC(=O)NCC(C)C)cc1. The van der Waals surface area contributed by atoms with Crippen molar-refractivity contribution in [1.82, 2.24) is 5.32 Å². The second kappa shape index (κ2) is 8.53. The van der Waals surface area contributed by atoms with Crippen molar-refractivity contribution in [3.05, 3.63) is 29.8 Å². The van der Waals surface area contributed by atoms with Crippen molar-refractivity contribution in [2.24, 2.45) is 5.92 Å². The summed E-state index contributed by atoms with van der Waals surface area (Å²) in [6.45, 7) is 5.15. The highest BCUT2D eigenvalue weighted by Gasteiger charge is 2.03. The quantitative estimate of drug-likeness (QED) is 0.734. The zero-order valence-electron chi connectivity index (χ0n) is 11.9. The van der Waals surface area contributed by atoms with Gasteiger partial charge in [0.1, 0.15) is 5.75 Å². The van der Waals surface area contributed by atoms with Crippen molar-refractivity contribution in [3.8, 4) is 5.75 Å². The summed E-state index contributed by atoms with van der Waals surface area (Å²) < 4.78 is 10.1. The Balaban J connectivity index is 2.31. The number of rotatable bonds is 8. The third-order valence-electron chi connectivity index (χ3n) is 2.62. The Morgan fingerprint density at radius 1 is 1.26 bits per heavy atom. The molecule has 0 aliphatic heterocycles. The molecule has 0 aliphatic carbocycles. The predicted molar refractivity (Wildman–Crippen MR) is 75.1 cm³/mol. The number of hydrogen-bond acceptors (Lipinski definition) is 3. The number of methoxy groups -OCH3 is 1. The maximum absolute atomic E-state index is 11.6. The van der Waals surface area contributed by atoms with Crippen LogP contribution in [-0.4, -0.2) is 26.4 Å². The highest BCUT2D eigenvalue weighted by atomic mass is 16.7. The van der Waals surface area contributed by atoms with Gasteiger partial charge < -0.3 is 14.8 Å². The fourth-order valence-electron chi connectivity index (χ4n) is 1.54. The van der Waals surface area contributed by atoms with E-state index >= 15 is 0 Å². The van der Waals surface area contributed by atoms with Crippen molar-refractivity contribution < 1.29 is 14.3 Å². The van der Waals surface area contributed by atoms with E-state index in [1.165, 1.54) is 0 Å². The van der Waals surface area contributed by atoms with E-state index in [2.05, 4.69) is 19.2 Å². The van der Waals surface area contributed by atoms with Crippen LogP contribution in [0, 0.1) is 5.92 Å². The lowest BCUT2D eigenvalue weighted by atomic mass is 10.1. The molecule has 106 valence electrons. The molecule has 1 amide bonds. The zero-order valence-corrected chi connectivity index (χ0v) is 11.9. The van der Waals surface area contributed by atoms with Crippen LogP contribution in [0.25, 0.3) is 0 Å². The van der Waals surface area contributed by atoms with Crippen LogP contribution >= 0.6 is 0 Å². The van der Waals surface area contributed by atoms with Gasteiger partial charge in [0.05, 0.1) is 0 Å². The number of carbonyl (C=O) groups excluding carboxylic acids is 1. The van der Waals surface area contributed by atoms with Crippen LogP contribution < -0.4 is 10.1 Å². The molecule has 0 saturated heterocycles. The number of benzene rings is 1. The van der Waals surface area contributed by atoms with E-state index in [4.69, 9.17) is 9.47 Å². The van der Waals surface area contributed by atoms with Gasteiger partial charge in [0.15, 0.2) is 6.79 Å². The Kier molecular flexibility index (Phi) is 6.97. The van der Waals surface area contributed by atoms with Crippen molar-refractivity contribution in [2.45, 2.75) is 26.7 Å². The number of carbonyl (C=O) groups is 1. The van der Waals surface area contributed by atoms with Crippen LogP contribution in [0.2, 0.25) is 0 Å². The molecule has 4 heteroatoms. The molecule has 19 heavy (non-hydrogen) atoms. The smallest absolute Gasteiger partial charge is 0.220 e. The summed E-state index contributed by atoms with van der Waals surface area (Å²) >= 11 is 0. The van der Waals surface area contributed by atoms with E-state index in [-0.39, 0.29) is 12.7 Å². The molecule has 1 rings (SSSR count). The fraction of sp³-hybridized carbons (Fsp3) is 0.533. The molecule has 0 aromatic heterocycles. The molecule has 0 aliphatic rings. The van der Waals surface area contributed by atoms with E-state index in [1.54, 1.807) is 7.11 Å². The van der Waals surface area contributed by atoms with Crippen LogP contribution in [0.3, 0.4) is 0 Å². The molecule has 1 N–H and O–H groups in total. The molecule has 4 nitrogen and oxygen atoms in total. The van der Waals surface area contributed by atoms with E-state index in [0.717, 1.165) is 24.3 Å². The first-order valence-electron chi connectivity index (χ1n) is 6.59. The van der Waals surface area contributed by atoms with Gasteiger partial charge in [-0.2, -0.15) is 0 Å². The molecule has 0 fully saturated rings. The van der Waals surface area contributed by atoms with Crippen LogP contribution in [0.5, 0.6) is 5.75 Å². The maximum Gasteiger partial charge on any atom is 0.220 e. The second-order valence-electron chi connectivity index (χ2n) is 4.89. The van der Waals surface area contributed by atoms with Gasteiger partial charge in [0, 0.05) is 20.1 Å². The standard InChI is InChI=1S/C15H23NO3/c1-12(2)10-16-15(17)9-6-13-4-7-14(8-5-13)19-11-18-3/h4-5,7-8,12H,6,9-11H2,1-3H3,(H,16,17). The number of nitrogens with one attached hydrogen (secondary N) is 1. The van der Waals surface area contributed by atoms with Gasteiger partial charge in [0.25, 0.3) is 0 Å². The van der Waals surface area contributed by atoms with Gasteiger partial charge in [-0.25, -0.2) is 0 Å². The number of ether oxygens (including phenoxy) is 2. The summed E-state index contributed by atoms with van der Waals surface area (Å²) in [5.41, 5.74) is 1.13. The predicted octanol–water partition coefficient (Wildman–Crippen LogP) is 2.37. The summed E-state index contributed by atoms with van der Waals surface area (Å²) in [6, 6.07) is 7.72. The maximum atomic E-state index is 11.6. The van der Waals surface area contributed by atoms with Gasteiger partial charge >= 0.3 is 0 Å². The Labute approximate surface area is 115 Å². The van der Waals surface area contributed by atoms with E-state index in [9.17, 15) is 4.79 Å². The molecule has 1 aromatic carbocycles. The van der Waals surface area contributed by atoms with Crippen LogP contribution in [-0.2, 0) is 16.0 Å². The zero-order chi connectivity index (χ0) is 14.1. The normalized spacial score (nSPS) is 10.5. The van der Waals surface area contributed by atoms with Gasteiger partial charge in [0.2, 0.25) is 5.91 Å². The van der Waals surface area contributed by atoms with Gasteiger partial charge in [-0.1, -0.05) is 26.0 Å². The molecule has 0 heterocycles. The third-order valence-corrected chi connectivity index (χ3v) is 2.62. The van der Waals surface area contributed by atoms with E-state index < -0.39 is 0 Å². The minimum absolute atomic E-state index is 0.105. The summed E-state index contributed by atoms with van der Waals surface area (Å²) in [5, 5.41) is 2.91. The molecule has 0 saturated carbocycles. The Morgan fingerprint density at radius 2 is 1.95 bits per heavy atom. The highest BCUT2D eigenvalue weighted by molar-refractivity contribution is 5.76. The van der Waals surface area contributed by atoms with Crippen molar-refractivity contribution >= 4 is 5.91 Å². The van der Waals surface area contributed by atoms with Crippen molar-refractivity contribution in [3.63, 3.8) is 0 Å². The summed E-state index contributed by atoms with van der Waals surface area (Å²) in [6.07, 6.45) is 1.26. The first kappa shape index (κ1) is 15.5. The first-order chi connectivity index (χ1) is 9.11. The third kappa shape index (κ3) is 6.82. The monoisotopic (exact) mass is 265 g/mol. The largest absolute Gasteiger partial charge is 0.468 e. The molecule has 0 bridgehead atoms. The van der Waals surface area contributed by atoms with E-state index in [0.29, 0.717) is 12.3 Å². The number of aryl methyl sites for hydroxylation is 1. The average molecular weight is 265 g/mol. The minimum atomic E-state index is 0.105. The van der Waals surface area contributed by atoms with E-state index in [1.807, 2.05) is 24.3 Å². The van der Waals surface area contributed by atoms with Gasteiger partial charge in [-0.05, 0) is 30.0 Å². The van der Waals surface area contributed by atoms with Gasteiger partial charge in [-0.3, -0.25) is 4.79 Å². The second-order valence-corrected chi connectivity index (χ2v) is 4.89. The molecule has 1 aromatic rings. The summed E-state index contributed by atoms with van der Waals surface area (Å²) in [7, 11) is 1.59. The van der Waals surface area contributed by atoms with Crippen LogP contribution in [0.4, 0.5) is 0 Å². The molecular formula is C15H23NO3. The average Bonchev–Trinajstić information content (AvgIpc) is 2.41. The number of hydrogen-bond donors (Lipinski definition) is 1. The summed E-state index contributed by atoms with van der Waals surface area (Å²) in [4.78, 5) is 11.6. The Hall–Kier alpha value is -1.55. The van der Waals surface area contributed by atoms with Gasteiger partial charge in [-0.15, -0.1) is 0 Å². The van der Waals surface area contributed by atoms with Crippen LogP contribution in [0.1, 0.15) is 25.8 Å². The Bertz CT molecular complexity index is 373. The highest BCUT2D eigenvalue weighted by Crippen LogP contribution is 2.13. The lowest BCUT2D eigenvalue weighted by Crippen LogP contribution is -2.27. The van der Waals surface area contributed by atoms with Crippen molar-refractivity contribution in [2.75, 3.05) is 20.4 Å². The summed E-state index contributed by atoms with van der Waals surface area (Å²) in [5.74, 6) is 1.37. The van der Waals surface area contributed by atoms with Crippen LogP contribution in [0.15, 0.2) is 24.3 Å². The lowest BCUT2D eigenvalue weighted by molar-refractivity contribution is -0.121. The molecule has 0 spiro atoms. The minimum Gasteiger partial charge on any atom is -0.468 e. The molecule has 0 atom stereocenters. The molecular weight excluding hydrogens is 242 g/mol. The number of amides is 1. The Morgan fingerprint density at radius 3 is 2.53 bits per heavy atom. The molecule has 0 unspecified atom stereocenters. The molecule has 0 radical (unpaired) electrons. The topological polar surface area (TPSA) is 47.6 Å². The fourth-order valence-corrected chi connectivity index (χ4v) is 1.54. The lowest BCUT2D eigenvalue weighted by Gasteiger charge is -2.08. The van der Waals surface area contributed by atoms with Crippen molar-refractivity contribution in [1.29, 1.82) is 0 Å². The first-order valence-corrected chi connectivity index (χ1v) is 6.59.